The average Bonchev–Trinajstić information content (AvgIpc) is 2.58. The number of aromatic nitrogens is 1. The number of hydrogen-bond acceptors (Lipinski definition) is 4. The molecule has 0 fully saturated rings. The number of thiazole rings is 1. The molecule has 0 aromatic carbocycles. The summed E-state index contributed by atoms with van der Waals surface area (Å²) >= 11 is 0.761. The molecule has 1 N–H and O–H groups in total. The zero-order chi connectivity index (χ0) is 13.1. The molecular formula is C10H18N2O3S2. The van der Waals surface area contributed by atoms with E-state index in [1.165, 1.54) is 4.31 Å². The van der Waals surface area contributed by atoms with Crippen molar-refractivity contribution in [2.24, 2.45) is 0 Å². The molecule has 1 aromatic heterocycles. The molecule has 1 aromatic rings. The van der Waals surface area contributed by atoms with Crippen LogP contribution in [0.15, 0.2) is 9.00 Å². The van der Waals surface area contributed by atoms with Crippen LogP contribution in [0.2, 0.25) is 0 Å². The third-order valence-corrected chi connectivity index (χ3v) is 5.78. The number of aryl methyl sites for hydroxylation is 1. The number of rotatable bonds is 6. The number of nitrogens with one attached hydrogen (secondary N) is 1. The van der Waals surface area contributed by atoms with E-state index in [0.717, 1.165) is 24.2 Å². The van der Waals surface area contributed by atoms with Gasteiger partial charge in [-0.2, -0.15) is 4.31 Å². The quantitative estimate of drug-likeness (QED) is 0.858. The first-order valence-corrected chi connectivity index (χ1v) is 7.89. The van der Waals surface area contributed by atoms with Crippen LogP contribution in [0.25, 0.3) is 0 Å². The van der Waals surface area contributed by atoms with Crippen molar-refractivity contribution in [3.8, 4) is 0 Å². The fraction of sp³-hybridized carbons (Fsp3) is 0.700. The van der Waals surface area contributed by atoms with Crippen molar-refractivity contribution in [2.75, 3.05) is 13.1 Å². The van der Waals surface area contributed by atoms with Crippen molar-refractivity contribution in [2.45, 2.75) is 37.8 Å². The molecule has 0 saturated carbocycles. The van der Waals surface area contributed by atoms with Gasteiger partial charge in [0.05, 0.1) is 0 Å². The van der Waals surface area contributed by atoms with Gasteiger partial charge in [-0.15, -0.1) is 0 Å². The predicted octanol–water partition coefficient (Wildman–Crippen LogP) is 1.56. The third kappa shape index (κ3) is 3.17. The van der Waals surface area contributed by atoms with Gasteiger partial charge in [0.1, 0.15) is 0 Å². The van der Waals surface area contributed by atoms with Crippen molar-refractivity contribution in [3.05, 3.63) is 15.4 Å². The second-order valence-corrected chi connectivity index (χ2v) is 6.95. The normalized spacial score (nSPS) is 12.2. The molecule has 0 aliphatic carbocycles. The Morgan fingerprint density at radius 3 is 2.12 bits per heavy atom. The maximum Gasteiger partial charge on any atom is 0.305 e. The molecule has 0 spiro atoms. The Hall–Kier alpha value is -0.660. The Kier molecular flexibility index (Phi) is 4.91. The van der Waals surface area contributed by atoms with E-state index in [1.807, 2.05) is 13.8 Å². The first kappa shape index (κ1) is 14.4. The lowest BCUT2D eigenvalue weighted by Crippen LogP contribution is -2.32. The van der Waals surface area contributed by atoms with Gasteiger partial charge in [-0.1, -0.05) is 25.2 Å². The zero-order valence-corrected chi connectivity index (χ0v) is 11.9. The highest BCUT2D eigenvalue weighted by molar-refractivity contribution is 7.91. The topological polar surface area (TPSA) is 70.2 Å². The van der Waals surface area contributed by atoms with Crippen molar-refractivity contribution < 1.29 is 8.42 Å². The van der Waals surface area contributed by atoms with Crippen molar-refractivity contribution in [1.29, 1.82) is 0 Å². The third-order valence-electron chi connectivity index (χ3n) is 2.30. The van der Waals surface area contributed by atoms with E-state index >= 15 is 0 Å². The van der Waals surface area contributed by atoms with Crippen LogP contribution in [0, 0.1) is 6.92 Å². The SMILES string of the molecule is CCCN(CCC)S(=O)(=O)c1sc(=O)[nH]c1C. The molecule has 0 unspecified atom stereocenters. The van der Waals surface area contributed by atoms with Gasteiger partial charge in [-0.05, 0) is 19.8 Å². The minimum absolute atomic E-state index is 0.143. The number of aromatic amines is 1. The molecule has 1 rings (SSSR count). The van der Waals surface area contributed by atoms with Crippen LogP contribution in [0.5, 0.6) is 0 Å². The van der Waals surface area contributed by atoms with Crippen molar-refractivity contribution in [1.82, 2.24) is 9.29 Å². The minimum Gasteiger partial charge on any atom is -0.315 e. The highest BCUT2D eigenvalue weighted by Gasteiger charge is 2.27. The Morgan fingerprint density at radius 2 is 1.76 bits per heavy atom. The summed E-state index contributed by atoms with van der Waals surface area (Å²) in [6.07, 6.45) is 1.52. The zero-order valence-electron chi connectivity index (χ0n) is 10.3. The minimum atomic E-state index is -3.51. The lowest BCUT2D eigenvalue weighted by molar-refractivity contribution is 0.411. The summed E-state index contributed by atoms with van der Waals surface area (Å²) in [5, 5.41) is 0. The van der Waals surface area contributed by atoms with Gasteiger partial charge in [-0.3, -0.25) is 4.79 Å². The van der Waals surface area contributed by atoms with E-state index in [0.29, 0.717) is 18.8 Å². The van der Waals surface area contributed by atoms with E-state index in [1.54, 1.807) is 6.92 Å². The monoisotopic (exact) mass is 278 g/mol. The maximum atomic E-state index is 12.3. The van der Waals surface area contributed by atoms with Gasteiger partial charge < -0.3 is 4.98 Å². The molecule has 1 heterocycles. The second-order valence-electron chi connectivity index (χ2n) is 3.83. The van der Waals surface area contributed by atoms with Crippen molar-refractivity contribution in [3.63, 3.8) is 0 Å². The molecule has 0 aliphatic rings. The van der Waals surface area contributed by atoms with Crippen LogP contribution in [0.4, 0.5) is 0 Å². The Balaban J connectivity index is 3.15. The van der Waals surface area contributed by atoms with Crippen molar-refractivity contribution >= 4 is 21.4 Å². The summed E-state index contributed by atoms with van der Waals surface area (Å²) in [7, 11) is -3.51. The number of nitrogens with zero attached hydrogens (tertiary/aromatic N) is 1. The largest absolute Gasteiger partial charge is 0.315 e. The van der Waals surface area contributed by atoms with Crippen LogP contribution in [-0.4, -0.2) is 30.8 Å². The standard InChI is InChI=1S/C10H18N2O3S2/c1-4-6-12(7-5-2)17(14,15)9-8(3)11-10(13)16-9/h4-7H2,1-3H3,(H,11,13). The average molecular weight is 278 g/mol. The van der Waals surface area contributed by atoms with Gasteiger partial charge in [0.15, 0.2) is 4.21 Å². The van der Waals surface area contributed by atoms with Gasteiger partial charge in [0.2, 0.25) is 0 Å². The van der Waals surface area contributed by atoms with Gasteiger partial charge in [0, 0.05) is 18.8 Å². The molecule has 0 bridgehead atoms. The van der Waals surface area contributed by atoms with E-state index in [2.05, 4.69) is 4.98 Å². The first-order valence-electron chi connectivity index (χ1n) is 5.63. The van der Waals surface area contributed by atoms with Gasteiger partial charge in [0.25, 0.3) is 10.0 Å². The molecule has 17 heavy (non-hydrogen) atoms. The number of hydrogen-bond donors (Lipinski definition) is 1. The van der Waals surface area contributed by atoms with Crippen LogP contribution >= 0.6 is 11.3 Å². The summed E-state index contributed by atoms with van der Waals surface area (Å²) in [6, 6.07) is 0. The van der Waals surface area contributed by atoms with E-state index in [-0.39, 0.29) is 9.08 Å². The summed E-state index contributed by atoms with van der Waals surface area (Å²) in [6.45, 7) is 6.46. The Labute approximate surface area is 106 Å². The lowest BCUT2D eigenvalue weighted by Gasteiger charge is -2.20. The summed E-state index contributed by atoms with van der Waals surface area (Å²) in [4.78, 5) is 13.4. The Bertz CT molecular complexity index is 510. The summed E-state index contributed by atoms with van der Waals surface area (Å²) in [5.74, 6) is 0. The molecule has 0 amide bonds. The molecular weight excluding hydrogens is 260 g/mol. The first-order chi connectivity index (χ1) is 7.93. The van der Waals surface area contributed by atoms with Crippen LogP contribution < -0.4 is 4.87 Å². The van der Waals surface area contributed by atoms with Crippen LogP contribution in [0.1, 0.15) is 32.4 Å². The molecule has 0 saturated heterocycles. The predicted molar refractivity (Wildman–Crippen MR) is 69.0 cm³/mol. The molecule has 7 heteroatoms. The molecule has 5 nitrogen and oxygen atoms in total. The smallest absolute Gasteiger partial charge is 0.305 e. The van der Waals surface area contributed by atoms with Gasteiger partial charge >= 0.3 is 4.87 Å². The van der Waals surface area contributed by atoms with E-state index < -0.39 is 10.0 Å². The Morgan fingerprint density at radius 1 is 1.24 bits per heavy atom. The molecule has 98 valence electrons. The number of sulfonamides is 1. The number of H-pyrrole nitrogens is 1. The second kappa shape index (κ2) is 5.79. The van der Waals surface area contributed by atoms with E-state index in [4.69, 9.17) is 0 Å². The van der Waals surface area contributed by atoms with Crippen LogP contribution in [-0.2, 0) is 10.0 Å². The highest BCUT2D eigenvalue weighted by Crippen LogP contribution is 2.21. The maximum absolute atomic E-state index is 12.3. The highest BCUT2D eigenvalue weighted by atomic mass is 32.2. The van der Waals surface area contributed by atoms with Gasteiger partial charge in [-0.25, -0.2) is 8.42 Å². The molecule has 0 atom stereocenters. The fourth-order valence-corrected chi connectivity index (χ4v) is 4.66. The fourth-order valence-electron chi connectivity index (χ4n) is 1.60. The lowest BCUT2D eigenvalue weighted by atomic mass is 10.4. The molecule has 0 radical (unpaired) electrons. The molecule has 0 aliphatic heterocycles. The summed E-state index contributed by atoms with van der Waals surface area (Å²) in [5.41, 5.74) is 0.428. The van der Waals surface area contributed by atoms with E-state index in [9.17, 15) is 13.2 Å². The summed E-state index contributed by atoms with van der Waals surface area (Å²) < 4.78 is 26.2. The van der Waals surface area contributed by atoms with Crippen LogP contribution in [0.3, 0.4) is 0 Å².